The van der Waals surface area contributed by atoms with Crippen LogP contribution < -0.4 is 10.7 Å². The van der Waals surface area contributed by atoms with Crippen molar-refractivity contribution < 1.29 is 14.3 Å². The number of carbonyl (C=O) groups is 2. The van der Waals surface area contributed by atoms with Crippen molar-refractivity contribution in [3.05, 3.63) is 33.8 Å². The molecule has 0 bridgehead atoms. The number of halogens is 2. The van der Waals surface area contributed by atoms with E-state index >= 15 is 0 Å². The van der Waals surface area contributed by atoms with E-state index in [1.807, 2.05) is 6.92 Å². The van der Waals surface area contributed by atoms with Gasteiger partial charge in [-0.1, -0.05) is 36.2 Å². The van der Waals surface area contributed by atoms with Crippen molar-refractivity contribution >= 4 is 35.3 Å². The van der Waals surface area contributed by atoms with E-state index in [2.05, 4.69) is 10.7 Å². The minimum Gasteiger partial charge on any atom is -0.443 e. The second-order valence-corrected chi connectivity index (χ2v) is 6.99. The number of nitrogens with one attached hydrogen (secondary N) is 2. The number of urea groups is 1. The lowest BCUT2D eigenvalue weighted by molar-refractivity contribution is 0.0369. The van der Waals surface area contributed by atoms with Gasteiger partial charge in [0.1, 0.15) is 5.60 Å². The second kappa shape index (κ2) is 8.99. The van der Waals surface area contributed by atoms with Crippen LogP contribution in [0, 0.1) is 0 Å². The first-order valence-corrected chi connectivity index (χ1v) is 8.37. The third-order valence-corrected chi connectivity index (χ3v) is 3.46. The summed E-state index contributed by atoms with van der Waals surface area (Å²) in [5, 5.41) is 4.64. The van der Waals surface area contributed by atoms with Crippen LogP contribution in [-0.4, -0.2) is 29.3 Å². The Labute approximate surface area is 152 Å². The molecule has 0 aliphatic carbocycles. The zero-order valence-electron chi connectivity index (χ0n) is 14.3. The van der Waals surface area contributed by atoms with Crippen LogP contribution in [0.4, 0.5) is 9.59 Å². The van der Waals surface area contributed by atoms with Crippen LogP contribution in [0.1, 0.15) is 39.7 Å². The summed E-state index contributed by atoms with van der Waals surface area (Å²) in [6, 6.07) is 4.56. The number of amides is 3. The molecule has 0 unspecified atom stereocenters. The van der Waals surface area contributed by atoms with Gasteiger partial charge in [0.25, 0.3) is 0 Å². The molecule has 0 heterocycles. The lowest BCUT2D eigenvalue weighted by Gasteiger charge is -2.26. The number of ether oxygens (including phenoxy) is 1. The van der Waals surface area contributed by atoms with Crippen LogP contribution in [0.3, 0.4) is 0 Å². The molecule has 0 fully saturated rings. The highest BCUT2D eigenvalue weighted by molar-refractivity contribution is 6.42. The number of nitrogens with zero attached hydrogens (tertiary/aromatic N) is 1. The fourth-order valence-electron chi connectivity index (χ4n) is 1.72. The molecule has 0 saturated carbocycles. The number of hydrogen-bond acceptors (Lipinski definition) is 3. The molecule has 0 spiro atoms. The predicted molar refractivity (Wildman–Crippen MR) is 95.1 cm³/mol. The number of hydrogen-bond donors (Lipinski definition) is 2. The standard InChI is InChI=1S/C16H23Cl2N3O3/c1-5-8-19-14(22)21(20-15(23)24-16(2,3)4)10-11-6-7-12(17)13(18)9-11/h6-7,9H,5,8,10H2,1-4H3,(H,19,22)(H,20,23). The van der Waals surface area contributed by atoms with Gasteiger partial charge in [0.2, 0.25) is 0 Å². The maximum Gasteiger partial charge on any atom is 0.426 e. The predicted octanol–water partition coefficient (Wildman–Crippen LogP) is 4.35. The van der Waals surface area contributed by atoms with E-state index in [9.17, 15) is 9.59 Å². The van der Waals surface area contributed by atoms with E-state index in [0.717, 1.165) is 11.4 Å². The van der Waals surface area contributed by atoms with Crippen molar-refractivity contribution in [3.63, 3.8) is 0 Å². The van der Waals surface area contributed by atoms with Crippen LogP contribution in [0.2, 0.25) is 10.0 Å². The summed E-state index contributed by atoms with van der Waals surface area (Å²) in [5.74, 6) is 0. The molecule has 1 rings (SSSR count). The van der Waals surface area contributed by atoms with Gasteiger partial charge in [-0.15, -0.1) is 0 Å². The van der Waals surface area contributed by atoms with Gasteiger partial charge in [0.05, 0.1) is 16.6 Å². The molecular formula is C16H23Cl2N3O3. The number of carbonyl (C=O) groups excluding carboxylic acids is 2. The van der Waals surface area contributed by atoms with E-state index in [0.29, 0.717) is 22.2 Å². The Morgan fingerprint density at radius 2 is 1.88 bits per heavy atom. The monoisotopic (exact) mass is 375 g/mol. The molecule has 24 heavy (non-hydrogen) atoms. The van der Waals surface area contributed by atoms with Gasteiger partial charge < -0.3 is 10.1 Å². The smallest absolute Gasteiger partial charge is 0.426 e. The van der Waals surface area contributed by atoms with Gasteiger partial charge in [0.15, 0.2) is 0 Å². The van der Waals surface area contributed by atoms with Crippen LogP contribution in [0.15, 0.2) is 18.2 Å². The SMILES string of the molecule is CCCNC(=O)N(Cc1ccc(Cl)c(Cl)c1)NC(=O)OC(C)(C)C. The molecule has 134 valence electrons. The first-order valence-electron chi connectivity index (χ1n) is 7.61. The topological polar surface area (TPSA) is 70.7 Å². The van der Waals surface area contributed by atoms with Crippen molar-refractivity contribution in [3.8, 4) is 0 Å². The zero-order valence-corrected chi connectivity index (χ0v) is 15.8. The van der Waals surface area contributed by atoms with E-state index in [4.69, 9.17) is 27.9 Å². The van der Waals surface area contributed by atoms with Gasteiger partial charge in [-0.05, 0) is 44.9 Å². The van der Waals surface area contributed by atoms with Crippen molar-refractivity contribution in [1.29, 1.82) is 0 Å². The van der Waals surface area contributed by atoms with Crippen molar-refractivity contribution in [2.75, 3.05) is 6.54 Å². The third kappa shape index (κ3) is 7.27. The summed E-state index contributed by atoms with van der Waals surface area (Å²) < 4.78 is 5.18. The minimum atomic E-state index is -0.714. The lowest BCUT2D eigenvalue weighted by atomic mass is 10.2. The summed E-state index contributed by atoms with van der Waals surface area (Å²) >= 11 is 11.9. The Morgan fingerprint density at radius 3 is 2.42 bits per heavy atom. The molecular weight excluding hydrogens is 353 g/mol. The van der Waals surface area contributed by atoms with E-state index in [-0.39, 0.29) is 6.54 Å². The maximum absolute atomic E-state index is 12.2. The second-order valence-electron chi connectivity index (χ2n) is 6.18. The molecule has 0 radical (unpaired) electrons. The van der Waals surface area contributed by atoms with E-state index in [1.54, 1.807) is 39.0 Å². The molecule has 0 aromatic heterocycles. The fourth-order valence-corrected chi connectivity index (χ4v) is 2.04. The summed E-state index contributed by atoms with van der Waals surface area (Å²) in [7, 11) is 0. The first kappa shape index (κ1) is 20.4. The minimum absolute atomic E-state index is 0.117. The van der Waals surface area contributed by atoms with Crippen molar-refractivity contribution in [1.82, 2.24) is 15.8 Å². The van der Waals surface area contributed by atoms with Crippen molar-refractivity contribution in [2.45, 2.75) is 46.3 Å². The summed E-state index contributed by atoms with van der Waals surface area (Å²) in [6.07, 6.45) is 0.0629. The van der Waals surface area contributed by atoms with E-state index < -0.39 is 17.7 Å². The number of rotatable bonds is 4. The van der Waals surface area contributed by atoms with Gasteiger partial charge in [0, 0.05) is 6.54 Å². The van der Waals surface area contributed by atoms with Gasteiger partial charge in [-0.3, -0.25) is 0 Å². The van der Waals surface area contributed by atoms with Crippen LogP contribution in [0.25, 0.3) is 0 Å². The molecule has 8 heteroatoms. The molecule has 0 aliphatic rings. The summed E-state index contributed by atoms with van der Waals surface area (Å²) in [4.78, 5) is 24.2. The van der Waals surface area contributed by atoms with Crippen LogP contribution in [0.5, 0.6) is 0 Å². The molecule has 0 aliphatic heterocycles. The van der Waals surface area contributed by atoms with Gasteiger partial charge >= 0.3 is 12.1 Å². The Hall–Kier alpha value is -1.66. The Morgan fingerprint density at radius 1 is 1.21 bits per heavy atom. The highest BCUT2D eigenvalue weighted by atomic mass is 35.5. The quantitative estimate of drug-likeness (QED) is 0.768. The van der Waals surface area contributed by atoms with Crippen LogP contribution >= 0.6 is 23.2 Å². The lowest BCUT2D eigenvalue weighted by Crippen LogP contribution is -2.51. The molecule has 1 aromatic carbocycles. The number of benzene rings is 1. The van der Waals surface area contributed by atoms with E-state index in [1.165, 1.54) is 0 Å². The molecule has 6 nitrogen and oxygen atoms in total. The summed E-state index contributed by atoms with van der Waals surface area (Å²) in [5.41, 5.74) is 2.50. The average Bonchev–Trinajstić information content (AvgIpc) is 2.46. The Kier molecular flexibility index (Phi) is 7.63. The third-order valence-electron chi connectivity index (χ3n) is 2.72. The molecule has 0 atom stereocenters. The maximum atomic E-state index is 12.2. The fraction of sp³-hybridized carbons (Fsp3) is 0.500. The summed E-state index contributed by atoms with van der Waals surface area (Å²) in [6.45, 7) is 7.77. The highest BCUT2D eigenvalue weighted by Gasteiger charge is 2.21. The molecule has 3 amide bonds. The Bertz CT molecular complexity index is 588. The van der Waals surface area contributed by atoms with Crippen LogP contribution in [-0.2, 0) is 11.3 Å². The molecule has 1 aromatic rings. The Balaban J connectivity index is 2.85. The number of hydrazine groups is 1. The zero-order chi connectivity index (χ0) is 18.3. The van der Waals surface area contributed by atoms with Gasteiger partial charge in [-0.25, -0.2) is 20.0 Å². The largest absolute Gasteiger partial charge is 0.443 e. The normalized spacial score (nSPS) is 10.9. The van der Waals surface area contributed by atoms with Gasteiger partial charge in [-0.2, -0.15) is 0 Å². The van der Waals surface area contributed by atoms with Crippen molar-refractivity contribution in [2.24, 2.45) is 0 Å². The average molecular weight is 376 g/mol. The molecule has 2 N–H and O–H groups in total. The highest BCUT2D eigenvalue weighted by Crippen LogP contribution is 2.23. The first-order chi connectivity index (χ1) is 11.1. The molecule has 0 saturated heterocycles.